The fourth-order valence-electron chi connectivity index (χ4n) is 0. The van der Waals surface area contributed by atoms with Crippen molar-refractivity contribution in [2.75, 3.05) is 0 Å². The first-order valence-corrected chi connectivity index (χ1v) is 2.23. The van der Waals surface area contributed by atoms with Crippen molar-refractivity contribution in [3.8, 4) is 0 Å². The molecule has 0 amide bonds. The summed E-state index contributed by atoms with van der Waals surface area (Å²) in [5, 5.41) is 0. The molecular formula is C2H3Cl3O2. The van der Waals surface area contributed by atoms with E-state index in [-0.39, 0.29) is 11.8 Å². The maximum absolute atomic E-state index is 9.43. The van der Waals surface area contributed by atoms with Crippen molar-refractivity contribution in [3.63, 3.8) is 0 Å². The Bertz CT molecular complexity index is 56.4. The Morgan fingerprint density at radius 2 is 1.43 bits per heavy atom. The van der Waals surface area contributed by atoms with E-state index in [4.69, 9.17) is 34.8 Å². The van der Waals surface area contributed by atoms with Crippen molar-refractivity contribution < 1.29 is 10.3 Å². The minimum absolute atomic E-state index is 0. The topological polar surface area (TPSA) is 48.6 Å². The summed E-state index contributed by atoms with van der Waals surface area (Å²) in [4.78, 5) is 9.43. The smallest absolute Gasteiger partial charge is 0.245 e. The molecule has 0 fully saturated rings. The summed E-state index contributed by atoms with van der Waals surface area (Å²) < 4.78 is -1.72. The molecule has 0 saturated heterocycles. The highest BCUT2D eigenvalue weighted by Gasteiger charge is 2.16. The summed E-state index contributed by atoms with van der Waals surface area (Å²) in [6.45, 7) is 0. The van der Waals surface area contributed by atoms with Gasteiger partial charge in [0.05, 0.1) is 0 Å². The van der Waals surface area contributed by atoms with Crippen LogP contribution < -0.4 is 0 Å². The first kappa shape index (κ1) is 10.5. The van der Waals surface area contributed by atoms with Gasteiger partial charge in [-0.3, -0.25) is 4.79 Å². The molecule has 0 aliphatic rings. The van der Waals surface area contributed by atoms with Crippen LogP contribution in [0.5, 0.6) is 0 Å². The van der Waals surface area contributed by atoms with E-state index in [0.29, 0.717) is 0 Å². The van der Waals surface area contributed by atoms with Gasteiger partial charge in [-0.2, -0.15) is 0 Å². The number of hydrogen-bond donors (Lipinski definition) is 0. The largest absolute Gasteiger partial charge is 0.412 e. The fourth-order valence-corrected chi connectivity index (χ4v) is 0. The Labute approximate surface area is 55.7 Å². The molecule has 0 aromatic heterocycles. The minimum Gasteiger partial charge on any atom is -0.412 e. The zero-order valence-corrected chi connectivity index (χ0v) is 5.39. The summed E-state index contributed by atoms with van der Waals surface area (Å²) >= 11 is 14.6. The van der Waals surface area contributed by atoms with Gasteiger partial charge in [0, 0.05) is 0 Å². The SMILES string of the molecule is O.O=[13CH][13C](Cl)(Cl)Cl. The van der Waals surface area contributed by atoms with Crippen molar-refractivity contribution in [2.45, 2.75) is 3.79 Å². The zero-order chi connectivity index (χ0) is 5.21. The van der Waals surface area contributed by atoms with Crippen LogP contribution in [0.25, 0.3) is 0 Å². The van der Waals surface area contributed by atoms with Gasteiger partial charge in [-0.05, 0) is 0 Å². The maximum Gasteiger partial charge on any atom is 0.245 e. The van der Waals surface area contributed by atoms with Crippen LogP contribution >= 0.6 is 34.8 Å². The van der Waals surface area contributed by atoms with Gasteiger partial charge in [0.25, 0.3) is 0 Å². The van der Waals surface area contributed by atoms with Gasteiger partial charge in [-0.25, -0.2) is 0 Å². The lowest BCUT2D eigenvalue weighted by Crippen LogP contribution is -2.00. The molecule has 7 heavy (non-hydrogen) atoms. The van der Waals surface area contributed by atoms with Crippen LogP contribution in [0.1, 0.15) is 0 Å². The standard InChI is InChI=1S/C2HCl3O.H2O/c3-2(4,5)1-6;/h1H;1H2/i1+1,2+1;. The maximum atomic E-state index is 9.43. The monoisotopic (exact) mass is 166 g/mol. The van der Waals surface area contributed by atoms with E-state index >= 15 is 0 Å². The molecule has 44 valence electrons. The first-order valence-electron chi connectivity index (χ1n) is 1.09. The van der Waals surface area contributed by atoms with Gasteiger partial charge in [0.2, 0.25) is 3.79 Å². The van der Waals surface area contributed by atoms with Crippen molar-refractivity contribution in [1.29, 1.82) is 0 Å². The third-order valence-electron chi connectivity index (χ3n) is 0.134. The number of carbonyl (C=O) groups is 1. The van der Waals surface area contributed by atoms with Crippen LogP contribution in [-0.4, -0.2) is 15.6 Å². The highest BCUT2D eigenvalue weighted by molar-refractivity contribution is 6.74. The van der Waals surface area contributed by atoms with E-state index in [1.54, 1.807) is 0 Å². The molecular weight excluding hydrogens is 164 g/mol. The first-order chi connectivity index (χ1) is 2.56. The van der Waals surface area contributed by atoms with Crippen molar-refractivity contribution in [3.05, 3.63) is 0 Å². The molecule has 0 aliphatic heterocycles. The lowest BCUT2D eigenvalue weighted by Gasteiger charge is -1.93. The molecule has 0 atom stereocenters. The second-order valence-electron chi connectivity index (χ2n) is 0.659. The minimum atomic E-state index is -1.72. The number of hydrogen-bond acceptors (Lipinski definition) is 1. The van der Waals surface area contributed by atoms with Crippen molar-refractivity contribution in [2.24, 2.45) is 0 Å². The molecule has 2 N–H and O–H groups in total. The van der Waals surface area contributed by atoms with E-state index in [1.165, 1.54) is 0 Å². The van der Waals surface area contributed by atoms with Crippen LogP contribution in [-0.2, 0) is 4.79 Å². The molecule has 0 unspecified atom stereocenters. The molecule has 0 aromatic rings. The Morgan fingerprint density at radius 3 is 1.43 bits per heavy atom. The van der Waals surface area contributed by atoms with Crippen LogP contribution in [0, 0.1) is 0 Å². The van der Waals surface area contributed by atoms with Gasteiger partial charge < -0.3 is 5.48 Å². The Hall–Kier alpha value is 0.500. The molecule has 5 heteroatoms. The summed E-state index contributed by atoms with van der Waals surface area (Å²) in [6, 6.07) is 0. The van der Waals surface area contributed by atoms with Crippen LogP contribution in [0.2, 0.25) is 0 Å². The fraction of sp³-hybridized carbons (Fsp3) is 0.500. The number of aldehydes is 1. The predicted molar refractivity (Wildman–Crippen MR) is 30.0 cm³/mol. The van der Waals surface area contributed by atoms with Crippen LogP contribution in [0.3, 0.4) is 0 Å². The summed E-state index contributed by atoms with van der Waals surface area (Å²) in [7, 11) is 0. The third-order valence-corrected chi connectivity index (χ3v) is 0.401. The quantitative estimate of drug-likeness (QED) is 0.298. The van der Waals surface area contributed by atoms with Crippen molar-refractivity contribution >= 4 is 41.1 Å². The molecule has 0 radical (unpaired) electrons. The summed E-state index contributed by atoms with van der Waals surface area (Å²) in [5.41, 5.74) is 0. The number of carbonyl (C=O) groups excluding carboxylic acids is 1. The summed E-state index contributed by atoms with van der Waals surface area (Å²) in [6.07, 6.45) is 0.234. The molecule has 0 spiro atoms. The lowest BCUT2D eigenvalue weighted by atomic mass is 11.9. The van der Waals surface area contributed by atoms with Gasteiger partial charge in [0.15, 0.2) is 6.29 Å². The van der Waals surface area contributed by atoms with E-state index in [0.717, 1.165) is 0 Å². The average molecular weight is 167 g/mol. The molecule has 0 aromatic carbocycles. The zero-order valence-electron chi connectivity index (χ0n) is 3.12. The Morgan fingerprint density at radius 1 is 1.29 bits per heavy atom. The molecule has 2 nitrogen and oxygen atoms in total. The molecule has 0 bridgehead atoms. The van der Waals surface area contributed by atoms with Gasteiger partial charge in [0.1, 0.15) is 0 Å². The van der Waals surface area contributed by atoms with Crippen LogP contribution in [0.15, 0.2) is 0 Å². The number of halogens is 3. The highest BCUT2D eigenvalue weighted by atomic mass is 35.6. The van der Waals surface area contributed by atoms with Crippen molar-refractivity contribution in [1.82, 2.24) is 0 Å². The van der Waals surface area contributed by atoms with Gasteiger partial charge in [-0.15, -0.1) is 0 Å². The van der Waals surface area contributed by atoms with Gasteiger partial charge in [-0.1, -0.05) is 34.8 Å². The number of rotatable bonds is 0. The lowest BCUT2D eigenvalue weighted by molar-refractivity contribution is -0.107. The molecule has 0 saturated carbocycles. The Kier molecular flexibility index (Phi) is 5.23. The molecule has 0 heterocycles. The van der Waals surface area contributed by atoms with Crippen LogP contribution in [0.4, 0.5) is 0 Å². The average Bonchev–Trinajstić information content (AvgIpc) is 1.35. The highest BCUT2D eigenvalue weighted by Crippen LogP contribution is 2.21. The van der Waals surface area contributed by atoms with E-state index < -0.39 is 3.79 Å². The molecule has 0 rings (SSSR count). The second-order valence-corrected chi connectivity index (χ2v) is 3.03. The number of alkyl halides is 3. The van der Waals surface area contributed by atoms with Gasteiger partial charge >= 0.3 is 0 Å². The normalized spacial score (nSPS) is 9.57. The van der Waals surface area contributed by atoms with E-state index in [1.807, 2.05) is 0 Å². The third kappa shape index (κ3) is 10.7. The van der Waals surface area contributed by atoms with E-state index in [9.17, 15) is 4.79 Å². The molecule has 0 aliphatic carbocycles. The predicted octanol–water partition coefficient (Wildman–Crippen LogP) is 0.731. The Balaban J connectivity index is 0. The second kappa shape index (κ2) is 3.50. The van der Waals surface area contributed by atoms with E-state index in [2.05, 4.69) is 0 Å². The summed E-state index contributed by atoms with van der Waals surface area (Å²) in [5.74, 6) is 0.